The lowest BCUT2D eigenvalue weighted by molar-refractivity contribution is 0.171. The van der Waals surface area contributed by atoms with Crippen LogP contribution in [0.1, 0.15) is 20.3 Å². The number of aliphatic hydroxyl groups excluding tert-OH is 2. The monoisotopic (exact) mass is 190 g/mol. The van der Waals surface area contributed by atoms with Gasteiger partial charge in [0.05, 0.1) is 19.3 Å². The van der Waals surface area contributed by atoms with E-state index in [9.17, 15) is 0 Å². The molecule has 13 heavy (non-hydrogen) atoms. The summed E-state index contributed by atoms with van der Waals surface area (Å²) in [4.78, 5) is 0. The third-order valence-electron chi connectivity index (χ3n) is 2.10. The van der Waals surface area contributed by atoms with Crippen molar-refractivity contribution in [3.8, 4) is 0 Å². The van der Waals surface area contributed by atoms with Crippen LogP contribution in [-0.4, -0.2) is 48.6 Å². The van der Waals surface area contributed by atoms with E-state index in [2.05, 4.69) is 24.5 Å². The Morgan fingerprint density at radius 3 is 2.08 bits per heavy atom. The van der Waals surface area contributed by atoms with Gasteiger partial charge in [-0.2, -0.15) is 0 Å². The fourth-order valence-corrected chi connectivity index (χ4v) is 0.926. The Balaban J connectivity index is 3.23. The van der Waals surface area contributed by atoms with E-state index in [4.69, 9.17) is 10.2 Å². The molecule has 0 spiro atoms. The van der Waals surface area contributed by atoms with Gasteiger partial charge in [0.1, 0.15) is 0 Å². The number of aliphatic hydroxyl groups is 2. The molecule has 0 aliphatic rings. The van der Waals surface area contributed by atoms with E-state index in [0.717, 1.165) is 19.5 Å². The maximum absolute atomic E-state index is 8.74. The minimum absolute atomic E-state index is 0.0141. The lowest BCUT2D eigenvalue weighted by Crippen LogP contribution is -2.41. The molecule has 0 amide bonds. The van der Waals surface area contributed by atoms with Gasteiger partial charge in [-0.3, -0.25) is 0 Å². The summed E-state index contributed by atoms with van der Waals surface area (Å²) in [6.45, 7) is 5.88. The average molecular weight is 190 g/mol. The van der Waals surface area contributed by atoms with Crippen LogP contribution in [-0.2, 0) is 0 Å². The van der Waals surface area contributed by atoms with Gasteiger partial charge in [0.2, 0.25) is 0 Å². The highest BCUT2D eigenvalue weighted by molar-refractivity contribution is 4.65. The number of rotatable bonds is 8. The first-order chi connectivity index (χ1) is 6.24. The standard InChI is InChI=1S/C9H22N2O2/c1-3-8(2)10-4-5-11-9(6-12)7-13/h8-13H,3-7H2,1-2H3. The molecule has 1 unspecified atom stereocenters. The molecule has 0 fully saturated rings. The second kappa shape index (κ2) is 8.44. The van der Waals surface area contributed by atoms with Crippen LogP contribution in [0.25, 0.3) is 0 Å². The van der Waals surface area contributed by atoms with Gasteiger partial charge in [-0.1, -0.05) is 6.92 Å². The van der Waals surface area contributed by atoms with Crippen molar-refractivity contribution in [2.24, 2.45) is 0 Å². The zero-order chi connectivity index (χ0) is 10.1. The second-order valence-electron chi connectivity index (χ2n) is 3.28. The average Bonchev–Trinajstić information content (AvgIpc) is 2.18. The highest BCUT2D eigenvalue weighted by Gasteiger charge is 2.03. The van der Waals surface area contributed by atoms with Gasteiger partial charge in [-0.05, 0) is 13.3 Å². The molecule has 0 radical (unpaired) electrons. The predicted octanol–water partition coefficient (Wildman–Crippen LogP) is -0.683. The predicted molar refractivity (Wildman–Crippen MR) is 53.7 cm³/mol. The van der Waals surface area contributed by atoms with Gasteiger partial charge in [0.25, 0.3) is 0 Å². The van der Waals surface area contributed by atoms with Crippen LogP contribution in [0.15, 0.2) is 0 Å². The fraction of sp³-hybridized carbons (Fsp3) is 1.00. The lowest BCUT2D eigenvalue weighted by Gasteiger charge is -2.15. The van der Waals surface area contributed by atoms with Crippen molar-refractivity contribution in [2.75, 3.05) is 26.3 Å². The van der Waals surface area contributed by atoms with Crippen molar-refractivity contribution >= 4 is 0 Å². The number of hydrogen-bond donors (Lipinski definition) is 4. The van der Waals surface area contributed by atoms with Gasteiger partial charge in [0.15, 0.2) is 0 Å². The molecule has 0 rings (SSSR count). The Hall–Kier alpha value is -0.160. The Kier molecular flexibility index (Phi) is 8.33. The van der Waals surface area contributed by atoms with Crippen molar-refractivity contribution in [3.05, 3.63) is 0 Å². The molecule has 1 atom stereocenters. The molecule has 0 aliphatic carbocycles. The van der Waals surface area contributed by atoms with Crippen molar-refractivity contribution in [1.82, 2.24) is 10.6 Å². The summed E-state index contributed by atoms with van der Waals surface area (Å²) in [5.41, 5.74) is 0. The molecule has 0 aromatic rings. The number of nitrogens with one attached hydrogen (secondary N) is 2. The van der Waals surface area contributed by atoms with Crippen molar-refractivity contribution < 1.29 is 10.2 Å². The molecule has 0 heterocycles. The topological polar surface area (TPSA) is 64.5 Å². The molecule has 80 valence electrons. The van der Waals surface area contributed by atoms with E-state index in [-0.39, 0.29) is 19.3 Å². The molecule has 0 aromatic carbocycles. The van der Waals surface area contributed by atoms with Crippen molar-refractivity contribution in [2.45, 2.75) is 32.4 Å². The Bertz CT molecular complexity index is 108. The lowest BCUT2D eigenvalue weighted by atomic mass is 10.2. The summed E-state index contributed by atoms with van der Waals surface area (Å²) in [6, 6.07) is 0.349. The van der Waals surface area contributed by atoms with Gasteiger partial charge < -0.3 is 20.8 Å². The Morgan fingerprint density at radius 1 is 1.08 bits per heavy atom. The van der Waals surface area contributed by atoms with E-state index in [0.29, 0.717) is 6.04 Å². The van der Waals surface area contributed by atoms with Crippen LogP contribution in [0.5, 0.6) is 0 Å². The first kappa shape index (κ1) is 12.8. The largest absolute Gasteiger partial charge is 0.395 e. The molecule has 0 bridgehead atoms. The second-order valence-corrected chi connectivity index (χ2v) is 3.28. The van der Waals surface area contributed by atoms with E-state index < -0.39 is 0 Å². The highest BCUT2D eigenvalue weighted by atomic mass is 16.3. The van der Waals surface area contributed by atoms with Crippen LogP contribution >= 0.6 is 0 Å². The van der Waals surface area contributed by atoms with Crippen LogP contribution < -0.4 is 10.6 Å². The molecular weight excluding hydrogens is 168 g/mol. The minimum Gasteiger partial charge on any atom is -0.395 e. The zero-order valence-corrected chi connectivity index (χ0v) is 8.58. The summed E-state index contributed by atoms with van der Waals surface area (Å²) in [5.74, 6) is 0. The molecule has 4 N–H and O–H groups in total. The van der Waals surface area contributed by atoms with Gasteiger partial charge in [0, 0.05) is 19.1 Å². The Morgan fingerprint density at radius 2 is 1.62 bits per heavy atom. The summed E-state index contributed by atoms with van der Waals surface area (Å²) >= 11 is 0. The van der Waals surface area contributed by atoms with E-state index in [1.54, 1.807) is 0 Å². The molecule has 0 aliphatic heterocycles. The van der Waals surface area contributed by atoms with Gasteiger partial charge in [-0.15, -0.1) is 0 Å². The maximum atomic E-state index is 8.74. The summed E-state index contributed by atoms with van der Waals surface area (Å²) in [7, 11) is 0. The SMILES string of the molecule is CCC(C)NCCNC(CO)CO. The van der Waals surface area contributed by atoms with Crippen molar-refractivity contribution in [1.29, 1.82) is 0 Å². The normalized spacial score (nSPS) is 13.6. The highest BCUT2D eigenvalue weighted by Crippen LogP contribution is 1.85. The van der Waals surface area contributed by atoms with Gasteiger partial charge >= 0.3 is 0 Å². The van der Waals surface area contributed by atoms with Crippen LogP contribution in [0.3, 0.4) is 0 Å². The van der Waals surface area contributed by atoms with E-state index >= 15 is 0 Å². The van der Waals surface area contributed by atoms with Crippen LogP contribution in [0, 0.1) is 0 Å². The maximum Gasteiger partial charge on any atom is 0.0607 e. The quantitative estimate of drug-likeness (QED) is 0.383. The molecule has 0 saturated carbocycles. The van der Waals surface area contributed by atoms with Crippen LogP contribution in [0.4, 0.5) is 0 Å². The molecule has 0 aromatic heterocycles. The number of hydrogen-bond acceptors (Lipinski definition) is 4. The van der Waals surface area contributed by atoms with Crippen molar-refractivity contribution in [3.63, 3.8) is 0 Å². The molecule has 0 saturated heterocycles. The minimum atomic E-state index is -0.182. The molecule has 4 nitrogen and oxygen atoms in total. The first-order valence-corrected chi connectivity index (χ1v) is 4.93. The summed E-state index contributed by atoms with van der Waals surface area (Å²) in [5, 5.41) is 23.8. The Labute approximate surface area is 80.3 Å². The fourth-order valence-electron chi connectivity index (χ4n) is 0.926. The zero-order valence-electron chi connectivity index (χ0n) is 8.58. The smallest absolute Gasteiger partial charge is 0.0607 e. The first-order valence-electron chi connectivity index (χ1n) is 4.93. The van der Waals surface area contributed by atoms with Crippen LogP contribution in [0.2, 0.25) is 0 Å². The summed E-state index contributed by atoms with van der Waals surface area (Å²) < 4.78 is 0. The third-order valence-corrected chi connectivity index (χ3v) is 2.10. The molecular formula is C9H22N2O2. The van der Waals surface area contributed by atoms with Gasteiger partial charge in [-0.25, -0.2) is 0 Å². The van der Waals surface area contributed by atoms with E-state index in [1.165, 1.54) is 0 Å². The summed E-state index contributed by atoms with van der Waals surface area (Å²) in [6.07, 6.45) is 1.11. The van der Waals surface area contributed by atoms with E-state index in [1.807, 2.05) is 0 Å². The third kappa shape index (κ3) is 6.95. The molecule has 4 heteroatoms.